The van der Waals surface area contributed by atoms with Crippen LogP contribution >= 0.6 is 0 Å². The van der Waals surface area contributed by atoms with Crippen LogP contribution in [0.15, 0.2) is 60.7 Å². The van der Waals surface area contributed by atoms with Gasteiger partial charge in [-0.15, -0.1) is 0 Å². The second-order valence-electron chi connectivity index (χ2n) is 5.81. The summed E-state index contributed by atoms with van der Waals surface area (Å²) in [5, 5.41) is 10.9. The van der Waals surface area contributed by atoms with Crippen molar-refractivity contribution in [2.24, 2.45) is 0 Å². The molecule has 1 atom stereocenters. The zero-order chi connectivity index (χ0) is 17.2. The van der Waals surface area contributed by atoms with Gasteiger partial charge in [-0.3, -0.25) is 9.59 Å². The van der Waals surface area contributed by atoms with Gasteiger partial charge in [0.05, 0.1) is 12.1 Å². The number of amides is 1. The molecule has 0 fully saturated rings. The van der Waals surface area contributed by atoms with Crippen molar-refractivity contribution in [3.8, 4) is 0 Å². The predicted octanol–water partition coefficient (Wildman–Crippen LogP) is 2.91. The van der Waals surface area contributed by atoms with E-state index in [4.69, 9.17) is 0 Å². The van der Waals surface area contributed by atoms with E-state index in [-0.39, 0.29) is 12.2 Å². The Bertz CT molecular complexity index is 798. The van der Waals surface area contributed by atoms with Crippen LogP contribution in [0.1, 0.15) is 24.5 Å². The maximum Gasteiger partial charge on any atom is 0.264 e. The van der Waals surface area contributed by atoms with Gasteiger partial charge >= 0.3 is 0 Å². The van der Waals surface area contributed by atoms with Crippen LogP contribution in [0, 0.1) is 0 Å². The number of allylic oxidation sites excluding steroid dienone is 1. The number of hydrogen-bond acceptors (Lipinski definition) is 3. The van der Waals surface area contributed by atoms with Crippen molar-refractivity contribution < 1.29 is 14.7 Å². The van der Waals surface area contributed by atoms with Crippen LogP contribution in [0.5, 0.6) is 0 Å². The number of nitrogens with zero attached hydrogens (tertiary/aromatic N) is 1. The van der Waals surface area contributed by atoms with E-state index < -0.39 is 11.5 Å². The molecule has 0 aliphatic carbocycles. The molecule has 0 saturated heterocycles. The summed E-state index contributed by atoms with van der Waals surface area (Å²) in [5.41, 5.74) is 0.280. The summed E-state index contributed by atoms with van der Waals surface area (Å²) in [4.78, 5) is 26.5. The van der Waals surface area contributed by atoms with Crippen molar-refractivity contribution in [2.75, 3.05) is 11.4 Å². The minimum atomic E-state index is -1.79. The molecule has 0 spiro atoms. The SMILES string of the molecule is CCN1C(=O)[C@@](O)(CC(=O)/C=C\c2ccccc2)c2ccccc21. The summed E-state index contributed by atoms with van der Waals surface area (Å²) in [5.74, 6) is -0.727. The van der Waals surface area contributed by atoms with Gasteiger partial charge in [0.2, 0.25) is 0 Å². The number of carbonyl (C=O) groups is 2. The molecule has 1 aliphatic rings. The fraction of sp³-hybridized carbons (Fsp3) is 0.200. The van der Waals surface area contributed by atoms with Gasteiger partial charge in [-0.2, -0.15) is 0 Å². The van der Waals surface area contributed by atoms with Gasteiger partial charge in [-0.25, -0.2) is 0 Å². The van der Waals surface area contributed by atoms with Crippen molar-refractivity contribution in [2.45, 2.75) is 18.9 Å². The van der Waals surface area contributed by atoms with Crippen LogP contribution in [0.3, 0.4) is 0 Å². The Morgan fingerprint density at radius 2 is 1.79 bits per heavy atom. The first-order valence-electron chi connectivity index (χ1n) is 7.96. The first-order valence-corrected chi connectivity index (χ1v) is 7.96. The van der Waals surface area contributed by atoms with Gasteiger partial charge in [0.1, 0.15) is 0 Å². The van der Waals surface area contributed by atoms with Crippen LogP contribution in [0.25, 0.3) is 6.08 Å². The minimum absolute atomic E-state index is 0.261. The fourth-order valence-electron chi connectivity index (χ4n) is 3.06. The zero-order valence-corrected chi connectivity index (χ0v) is 13.5. The summed E-state index contributed by atoms with van der Waals surface area (Å²) >= 11 is 0. The predicted molar refractivity (Wildman–Crippen MR) is 93.5 cm³/mol. The molecule has 24 heavy (non-hydrogen) atoms. The van der Waals surface area contributed by atoms with Gasteiger partial charge in [0.15, 0.2) is 11.4 Å². The lowest BCUT2D eigenvalue weighted by atomic mass is 9.90. The van der Waals surface area contributed by atoms with Crippen LogP contribution < -0.4 is 4.90 Å². The first-order chi connectivity index (χ1) is 11.6. The first kappa shape index (κ1) is 16.1. The molecule has 2 aromatic carbocycles. The van der Waals surface area contributed by atoms with Crippen LogP contribution in [-0.4, -0.2) is 23.3 Å². The van der Waals surface area contributed by atoms with Crippen LogP contribution in [0.2, 0.25) is 0 Å². The van der Waals surface area contributed by atoms with Crippen LogP contribution in [-0.2, 0) is 15.2 Å². The third kappa shape index (κ3) is 2.76. The standard InChI is InChI=1S/C20H19NO3/c1-2-21-18-11-7-6-10-17(18)20(24,19(21)23)14-16(22)13-12-15-8-4-3-5-9-15/h3-13,24H,2,14H2,1H3/b13-12-/t20-/m1/s1. The quantitative estimate of drug-likeness (QED) is 0.862. The second kappa shape index (κ2) is 6.42. The summed E-state index contributed by atoms with van der Waals surface area (Å²) < 4.78 is 0. The molecule has 0 aromatic heterocycles. The number of ketones is 1. The third-order valence-electron chi connectivity index (χ3n) is 4.25. The minimum Gasteiger partial charge on any atom is -0.375 e. The van der Waals surface area contributed by atoms with Crippen molar-refractivity contribution in [1.82, 2.24) is 0 Å². The molecule has 1 aliphatic heterocycles. The molecule has 3 rings (SSSR count). The van der Waals surface area contributed by atoms with Crippen molar-refractivity contribution in [1.29, 1.82) is 0 Å². The number of hydrogen-bond donors (Lipinski definition) is 1. The molecule has 1 amide bonds. The molecular formula is C20H19NO3. The Labute approximate surface area is 141 Å². The smallest absolute Gasteiger partial charge is 0.264 e. The molecule has 0 unspecified atom stereocenters. The lowest BCUT2D eigenvalue weighted by molar-refractivity contribution is -0.140. The van der Waals surface area contributed by atoms with E-state index in [2.05, 4.69) is 0 Å². The normalized spacial score (nSPS) is 19.8. The van der Waals surface area contributed by atoms with Gasteiger partial charge in [0.25, 0.3) is 5.91 Å². The lowest BCUT2D eigenvalue weighted by Gasteiger charge is -2.21. The highest BCUT2D eigenvalue weighted by molar-refractivity contribution is 6.10. The Morgan fingerprint density at radius 3 is 2.50 bits per heavy atom. The summed E-state index contributed by atoms with van der Waals surface area (Å²) in [7, 11) is 0. The Morgan fingerprint density at radius 1 is 1.12 bits per heavy atom. The number of fused-ring (bicyclic) bond motifs is 1. The van der Waals surface area contributed by atoms with Crippen molar-refractivity contribution >= 4 is 23.5 Å². The molecule has 1 N–H and O–H groups in total. The third-order valence-corrected chi connectivity index (χ3v) is 4.25. The highest BCUT2D eigenvalue weighted by Gasteiger charge is 2.49. The van der Waals surface area contributed by atoms with Gasteiger partial charge in [0, 0.05) is 12.1 Å². The van der Waals surface area contributed by atoms with Gasteiger partial charge in [-0.1, -0.05) is 54.6 Å². The molecular weight excluding hydrogens is 302 g/mol. The summed E-state index contributed by atoms with van der Waals surface area (Å²) in [6, 6.07) is 16.5. The Balaban J connectivity index is 1.85. The van der Waals surface area contributed by atoms with E-state index >= 15 is 0 Å². The summed E-state index contributed by atoms with van der Waals surface area (Å²) in [6.45, 7) is 2.30. The second-order valence-corrected chi connectivity index (χ2v) is 5.81. The largest absolute Gasteiger partial charge is 0.375 e. The Kier molecular flexibility index (Phi) is 4.32. The highest BCUT2D eigenvalue weighted by atomic mass is 16.3. The number of rotatable bonds is 5. The molecule has 122 valence electrons. The molecule has 0 radical (unpaired) electrons. The number of para-hydroxylation sites is 1. The molecule has 1 heterocycles. The number of aliphatic hydroxyl groups is 1. The number of carbonyl (C=O) groups excluding carboxylic acids is 2. The average molecular weight is 321 g/mol. The number of anilines is 1. The summed E-state index contributed by atoms with van der Waals surface area (Å²) in [6.07, 6.45) is 2.84. The molecule has 0 saturated carbocycles. The molecule has 0 bridgehead atoms. The topological polar surface area (TPSA) is 57.6 Å². The monoisotopic (exact) mass is 321 g/mol. The van der Waals surface area contributed by atoms with E-state index in [9.17, 15) is 14.7 Å². The van der Waals surface area contributed by atoms with E-state index in [1.807, 2.05) is 43.3 Å². The number of benzene rings is 2. The zero-order valence-electron chi connectivity index (χ0n) is 13.5. The lowest BCUT2D eigenvalue weighted by Crippen LogP contribution is -2.41. The van der Waals surface area contributed by atoms with E-state index in [0.717, 1.165) is 5.56 Å². The maximum atomic E-state index is 12.6. The van der Waals surface area contributed by atoms with E-state index in [0.29, 0.717) is 17.8 Å². The van der Waals surface area contributed by atoms with E-state index in [1.165, 1.54) is 11.0 Å². The van der Waals surface area contributed by atoms with E-state index in [1.54, 1.807) is 24.3 Å². The van der Waals surface area contributed by atoms with Crippen molar-refractivity contribution in [3.05, 3.63) is 71.8 Å². The van der Waals surface area contributed by atoms with Gasteiger partial charge in [-0.05, 0) is 24.6 Å². The molecule has 4 nitrogen and oxygen atoms in total. The van der Waals surface area contributed by atoms with Crippen LogP contribution in [0.4, 0.5) is 5.69 Å². The van der Waals surface area contributed by atoms with Crippen molar-refractivity contribution in [3.63, 3.8) is 0 Å². The molecule has 2 aromatic rings. The maximum absolute atomic E-state index is 12.6. The average Bonchev–Trinajstić information content (AvgIpc) is 2.82. The van der Waals surface area contributed by atoms with Gasteiger partial charge < -0.3 is 10.0 Å². The number of likely N-dealkylation sites (N-methyl/N-ethyl adjacent to an activating group) is 1. The Hall–Kier alpha value is -2.72. The highest BCUT2D eigenvalue weighted by Crippen LogP contribution is 2.42. The molecule has 4 heteroatoms. The fourth-order valence-corrected chi connectivity index (χ4v) is 3.06.